The van der Waals surface area contributed by atoms with Crippen LogP contribution < -0.4 is 0 Å². The lowest BCUT2D eigenvalue weighted by atomic mass is 9.17. The van der Waals surface area contributed by atoms with E-state index in [-0.39, 0.29) is 0 Å². The quantitative estimate of drug-likeness (QED) is 0.201. The van der Waals surface area contributed by atoms with E-state index in [0.29, 0.717) is 5.41 Å². The molecule has 0 aromatic rings. The highest BCUT2D eigenvalue weighted by Crippen LogP contribution is 2.72. The summed E-state index contributed by atoms with van der Waals surface area (Å²) in [5.41, 5.74) is 0.361. The van der Waals surface area contributed by atoms with E-state index in [0.717, 1.165) is 208 Å². The van der Waals surface area contributed by atoms with Gasteiger partial charge in [-0.15, -0.1) is 0 Å². The van der Waals surface area contributed by atoms with Gasteiger partial charge in [0.2, 0.25) is 0 Å². The molecule has 19 aliphatic rings. The van der Waals surface area contributed by atoms with Gasteiger partial charge in [-0.1, -0.05) is 297 Å². The Morgan fingerprint density at radius 3 is 1.01 bits per heavy atom. The molecule has 556 valence electrons. The van der Waals surface area contributed by atoms with E-state index in [9.17, 15) is 0 Å². The lowest BCUT2D eigenvalue weighted by Gasteiger charge is -2.73. The van der Waals surface area contributed by atoms with Crippen molar-refractivity contribution >= 4 is 6.71 Å². The van der Waals surface area contributed by atoms with Gasteiger partial charge >= 0.3 is 0 Å². The van der Waals surface area contributed by atoms with Crippen LogP contribution in [0.3, 0.4) is 0 Å². The van der Waals surface area contributed by atoms with Crippen LogP contribution in [0.15, 0.2) is 0 Å². The first kappa shape index (κ1) is 69.4. The van der Waals surface area contributed by atoms with E-state index >= 15 is 0 Å². The van der Waals surface area contributed by atoms with E-state index in [1.165, 1.54) is 6.42 Å². The second kappa shape index (κ2) is 30.1. The van der Waals surface area contributed by atoms with Gasteiger partial charge in [0.05, 0.1) is 0 Å². The van der Waals surface area contributed by atoms with Crippen molar-refractivity contribution in [3.63, 3.8) is 0 Å². The van der Waals surface area contributed by atoms with Crippen LogP contribution in [0, 0.1) is 153 Å². The Morgan fingerprint density at radius 1 is 0.212 bits per heavy atom. The van der Waals surface area contributed by atoms with Crippen LogP contribution in [0.1, 0.15) is 393 Å². The molecule has 17 saturated carbocycles. The van der Waals surface area contributed by atoms with Gasteiger partial charge < -0.3 is 0 Å². The molecule has 17 aliphatic carbocycles. The average Bonchev–Trinajstić information content (AvgIpc) is 0.693. The van der Waals surface area contributed by atoms with Gasteiger partial charge in [-0.05, 0) is 267 Å². The zero-order valence-corrected chi connectivity index (χ0v) is 65.6. The molecule has 23 unspecified atom stereocenters. The summed E-state index contributed by atoms with van der Waals surface area (Å²) in [4.78, 5) is 8.00. The second-order valence-corrected chi connectivity index (χ2v) is 44.5. The zero-order chi connectivity index (χ0) is 65.9. The van der Waals surface area contributed by atoms with Gasteiger partial charge in [-0.3, -0.25) is 9.80 Å². The fourth-order valence-electron chi connectivity index (χ4n) is 36.5. The third kappa shape index (κ3) is 13.1. The highest BCUT2D eigenvalue weighted by molar-refractivity contribution is 6.65. The maximum Gasteiger partial charge on any atom is 0.156 e. The fourth-order valence-corrected chi connectivity index (χ4v) is 36.5. The van der Waals surface area contributed by atoms with Crippen LogP contribution in [0.4, 0.5) is 0 Å². The summed E-state index contributed by atoms with van der Waals surface area (Å²) in [5.74, 6) is 28.9. The average molecular weight is 1350 g/mol. The first-order chi connectivity index (χ1) is 48.8. The summed E-state index contributed by atoms with van der Waals surface area (Å²) in [6.45, 7) is 9.61. The van der Waals surface area contributed by atoms with Crippen LogP contribution >= 0.6 is 0 Å². The van der Waals surface area contributed by atoms with E-state index in [2.05, 4.69) is 30.6 Å². The Balaban J connectivity index is 0.775. The monoisotopic (exact) mass is 1350 g/mol. The van der Waals surface area contributed by atoms with E-state index in [1.807, 2.05) is 0 Å². The molecule has 0 spiro atoms. The molecule has 23 atom stereocenters. The van der Waals surface area contributed by atoms with E-state index < -0.39 is 0 Å². The van der Waals surface area contributed by atoms with Gasteiger partial charge in [0.15, 0.2) is 6.71 Å². The Kier molecular flexibility index (Phi) is 21.1. The van der Waals surface area contributed by atoms with Crippen molar-refractivity contribution < 1.29 is 0 Å². The SMILES string of the molecule is CC(C)(C)C1CC2C3B(C4CC(C5CCCCC5)CCC4N2C2C(C4CCCCC4)CC(C4CCCCC4)CC2C2CCCCC2)C2CCC(C4CCC5C6CCCC7CCCC(C8CCCC4C85)C76)CC2N(C2C(C4CCCCC4)CC(C4CCCCC4)CC2C2CCCCC2)C3C1. The second-order valence-electron chi connectivity index (χ2n) is 44.5. The summed E-state index contributed by atoms with van der Waals surface area (Å²) in [6.07, 6.45) is 92.8. The number of nitrogens with zero attached hydrogens (tertiary/aromatic N) is 2. The standard InChI is InChI=1S/C96H159BN2/c1-96(2,3)74-60-89-93-90(61-74)99(95-83(67-38-21-9-22-39-67)56-73(64-32-15-6-16-33-64)57-84(95)68-40-23-10-24-41-68)88-59-71(75-50-51-80-78-45-26-43-69-42-25-44-77(91(69)78)79-47-27-46-76(75)92(79)80)48-52-85(88)97(93)86-58-70(62-28-11-4-12-29-62)49-53-87(86)98(89)94-81(65-34-17-7-18-35-65)54-72(63-30-13-5-14-31-63)55-82(94)66-36-19-8-20-37-66/h62-95H,4-61H2,1-3H3. The maximum atomic E-state index is 4.04. The third-order valence-electron chi connectivity index (χ3n) is 40.1. The Bertz CT molecular complexity index is 2500. The molecular formula is C96H159BN2. The number of fused-ring (bicyclic) bond motifs is 6. The van der Waals surface area contributed by atoms with Gasteiger partial charge in [0, 0.05) is 36.3 Å². The number of hydrogen-bond donors (Lipinski definition) is 0. The Hall–Kier alpha value is -0.0151. The first-order valence-electron chi connectivity index (χ1n) is 48.3. The third-order valence-corrected chi connectivity index (χ3v) is 40.1. The summed E-state index contributed by atoms with van der Waals surface area (Å²) >= 11 is 0. The number of rotatable bonds is 10. The minimum absolute atomic E-state index is 0.361. The topological polar surface area (TPSA) is 6.48 Å². The van der Waals surface area contributed by atoms with Gasteiger partial charge in [0.25, 0.3) is 0 Å². The molecule has 19 rings (SSSR count). The molecule has 2 aliphatic heterocycles. The Labute approximate surface area is 613 Å². The molecule has 0 aromatic heterocycles. The van der Waals surface area contributed by atoms with Crippen molar-refractivity contribution in [2.24, 2.45) is 153 Å². The molecule has 2 saturated heterocycles. The largest absolute Gasteiger partial charge is 0.295 e. The molecule has 0 aromatic carbocycles. The molecule has 3 heteroatoms. The van der Waals surface area contributed by atoms with Gasteiger partial charge in [0.1, 0.15) is 0 Å². The predicted molar refractivity (Wildman–Crippen MR) is 418 cm³/mol. The highest BCUT2D eigenvalue weighted by atomic mass is 15.3. The molecule has 0 bridgehead atoms. The summed E-state index contributed by atoms with van der Waals surface area (Å²) in [6, 6.07) is 5.20. The fraction of sp³-hybridized carbons (Fsp3) is 1.00. The maximum absolute atomic E-state index is 4.04. The summed E-state index contributed by atoms with van der Waals surface area (Å²) in [7, 11) is 0. The Morgan fingerprint density at radius 2 is 0.566 bits per heavy atom. The predicted octanol–water partition coefficient (Wildman–Crippen LogP) is 26.7. The van der Waals surface area contributed by atoms with Crippen molar-refractivity contribution in [3.8, 4) is 0 Å². The lowest BCUT2D eigenvalue weighted by Crippen LogP contribution is -2.77. The number of hydrogen-bond acceptors (Lipinski definition) is 2. The van der Waals surface area contributed by atoms with E-state index in [1.54, 1.807) is 366 Å². The van der Waals surface area contributed by atoms with Gasteiger partial charge in [-0.2, -0.15) is 0 Å². The molecule has 0 amide bonds. The molecule has 19 fully saturated rings. The van der Waals surface area contributed by atoms with Crippen LogP contribution in [0.2, 0.25) is 17.5 Å². The van der Waals surface area contributed by atoms with E-state index in [4.69, 9.17) is 0 Å². The van der Waals surface area contributed by atoms with Crippen LogP contribution in [-0.2, 0) is 0 Å². The molecule has 0 radical (unpaired) electrons. The van der Waals surface area contributed by atoms with Crippen LogP contribution in [-0.4, -0.2) is 52.8 Å². The zero-order valence-electron chi connectivity index (χ0n) is 65.6. The van der Waals surface area contributed by atoms with Crippen LogP contribution in [0.5, 0.6) is 0 Å². The van der Waals surface area contributed by atoms with Crippen molar-refractivity contribution in [2.45, 2.75) is 447 Å². The van der Waals surface area contributed by atoms with Crippen molar-refractivity contribution in [2.75, 3.05) is 0 Å². The molecular weight excluding hydrogens is 1190 g/mol. The first-order valence-corrected chi connectivity index (χ1v) is 48.3. The normalized spacial score (nSPS) is 49.4. The van der Waals surface area contributed by atoms with Gasteiger partial charge in [-0.25, -0.2) is 0 Å². The molecule has 0 N–H and O–H groups in total. The van der Waals surface area contributed by atoms with Crippen molar-refractivity contribution in [3.05, 3.63) is 0 Å². The van der Waals surface area contributed by atoms with Crippen LogP contribution in [0.25, 0.3) is 0 Å². The molecule has 2 heterocycles. The lowest BCUT2D eigenvalue weighted by molar-refractivity contribution is -0.162. The van der Waals surface area contributed by atoms with Crippen molar-refractivity contribution in [1.29, 1.82) is 0 Å². The van der Waals surface area contributed by atoms with Crippen molar-refractivity contribution in [1.82, 2.24) is 9.80 Å². The molecule has 99 heavy (non-hydrogen) atoms. The smallest absolute Gasteiger partial charge is 0.156 e. The summed E-state index contributed by atoms with van der Waals surface area (Å²) in [5, 5.41) is 0. The highest BCUT2D eigenvalue weighted by Gasteiger charge is 2.70. The molecule has 2 nitrogen and oxygen atoms in total. The minimum Gasteiger partial charge on any atom is -0.295 e. The summed E-state index contributed by atoms with van der Waals surface area (Å²) < 4.78 is 0. The minimum atomic E-state index is 0.361.